The number of hydrogen-bond acceptors (Lipinski definition) is 3. The average Bonchev–Trinajstić information content (AvgIpc) is 2.88. The Morgan fingerprint density at radius 2 is 1.48 bits per heavy atom. The molecule has 0 bridgehead atoms. The van der Waals surface area contributed by atoms with Crippen LogP contribution in [0.25, 0.3) is 0 Å². The van der Waals surface area contributed by atoms with Crippen LogP contribution in [-0.2, 0) is 0 Å². The maximum absolute atomic E-state index is 14.3. The monoisotopic (exact) mass is 468 g/mol. The first-order chi connectivity index (χ1) is 16.2. The predicted octanol–water partition coefficient (Wildman–Crippen LogP) is 7.57. The number of rotatable bonds is 8. The Morgan fingerprint density at radius 3 is 2.12 bits per heavy atom. The van der Waals surface area contributed by atoms with Crippen molar-refractivity contribution in [3.05, 3.63) is 42.1 Å². The van der Waals surface area contributed by atoms with Gasteiger partial charge in [0, 0.05) is 22.7 Å². The van der Waals surface area contributed by atoms with Gasteiger partial charge in [-0.2, -0.15) is 0 Å². The number of thioether (sulfide) groups is 1. The Labute approximate surface area is 206 Å². The molecule has 3 nitrogen and oxygen atoms in total. The highest BCUT2D eigenvalue weighted by atomic mass is 32.2. The molecule has 3 aliphatic rings. The number of benzene rings is 1. The fraction of sp³-hybridized carbons (Fsp3) is 0.690. The number of hydrogen-bond donors (Lipinski definition) is 1. The van der Waals surface area contributed by atoms with Crippen LogP contribution in [0, 0.1) is 5.92 Å². The Morgan fingerprint density at radius 1 is 0.909 bits per heavy atom. The molecule has 182 valence electrons. The fourth-order valence-corrected chi connectivity index (χ4v) is 7.15. The molecule has 1 amide bonds. The molecule has 3 saturated carbocycles. The van der Waals surface area contributed by atoms with Crippen LogP contribution in [-0.4, -0.2) is 35.2 Å². The molecular formula is C29H44N2OS. The summed E-state index contributed by atoms with van der Waals surface area (Å²) < 4.78 is 0. The van der Waals surface area contributed by atoms with Crippen molar-refractivity contribution in [2.24, 2.45) is 5.92 Å². The normalized spacial score (nSPS) is 22.0. The van der Waals surface area contributed by atoms with Gasteiger partial charge in [0.25, 0.3) is 5.91 Å². The van der Waals surface area contributed by atoms with E-state index in [1.807, 2.05) is 12.1 Å². The summed E-state index contributed by atoms with van der Waals surface area (Å²) >= 11 is 1.69. The Hall–Kier alpha value is -1.42. The van der Waals surface area contributed by atoms with E-state index in [2.05, 4.69) is 35.2 Å². The van der Waals surface area contributed by atoms with Crippen LogP contribution in [0.3, 0.4) is 0 Å². The van der Waals surface area contributed by atoms with Crippen LogP contribution < -0.4 is 5.32 Å². The largest absolute Gasteiger partial charge is 0.384 e. The SMILES string of the molecule is C=C(NC1CCCCC1)C(C1CCCCC1)N(C(=O)c1ccccc1SC)C1CCCCC1. The van der Waals surface area contributed by atoms with Crippen molar-refractivity contribution in [3.8, 4) is 0 Å². The van der Waals surface area contributed by atoms with E-state index in [1.54, 1.807) is 11.8 Å². The summed E-state index contributed by atoms with van der Waals surface area (Å²) in [6.45, 7) is 4.65. The highest BCUT2D eigenvalue weighted by Crippen LogP contribution is 2.37. The lowest BCUT2D eigenvalue weighted by Crippen LogP contribution is -2.54. The first-order valence-corrected chi connectivity index (χ1v) is 14.8. The van der Waals surface area contributed by atoms with Gasteiger partial charge in [-0.05, 0) is 62.8 Å². The van der Waals surface area contributed by atoms with E-state index < -0.39 is 0 Å². The molecule has 1 aromatic carbocycles. The fourth-order valence-electron chi connectivity index (χ4n) is 6.56. The third kappa shape index (κ3) is 6.18. The van der Waals surface area contributed by atoms with Crippen LogP contribution in [0.5, 0.6) is 0 Å². The maximum Gasteiger partial charge on any atom is 0.255 e. The summed E-state index contributed by atoms with van der Waals surface area (Å²) in [4.78, 5) is 17.8. The minimum atomic E-state index is 0.109. The van der Waals surface area contributed by atoms with Crippen molar-refractivity contribution in [1.29, 1.82) is 0 Å². The van der Waals surface area contributed by atoms with Crippen LogP contribution in [0.15, 0.2) is 41.4 Å². The van der Waals surface area contributed by atoms with Crippen LogP contribution in [0.4, 0.5) is 0 Å². The van der Waals surface area contributed by atoms with Gasteiger partial charge in [0.05, 0.1) is 11.6 Å². The van der Waals surface area contributed by atoms with Crippen molar-refractivity contribution in [2.45, 2.75) is 119 Å². The number of nitrogens with one attached hydrogen (secondary N) is 1. The maximum atomic E-state index is 14.3. The highest BCUT2D eigenvalue weighted by Gasteiger charge is 2.39. The molecule has 4 heteroatoms. The van der Waals surface area contributed by atoms with E-state index in [1.165, 1.54) is 83.5 Å². The standard InChI is InChI=1S/C29H44N2OS/c1-22(30-24-16-8-4-9-17-24)28(23-14-6-3-7-15-23)31(25-18-10-5-11-19-25)29(32)26-20-12-13-21-27(26)33-2/h12-13,20-21,23-25,28,30H,1,3-11,14-19H2,2H3. The summed E-state index contributed by atoms with van der Waals surface area (Å²) in [5.74, 6) is 0.753. The molecule has 0 aliphatic heterocycles. The van der Waals surface area contributed by atoms with E-state index >= 15 is 0 Å². The van der Waals surface area contributed by atoms with Crippen LogP contribution in [0.1, 0.15) is 107 Å². The number of carbonyl (C=O) groups excluding carboxylic acids is 1. The molecule has 3 fully saturated rings. The molecular weight excluding hydrogens is 424 g/mol. The second-order valence-corrected chi connectivity index (χ2v) is 11.4. The van der Waals surface area contributed by atoms with E-state index in [-0.39, 0.29) is 11.9 Å². The molecule has 3 aliphatic carbocycles. The molecule has 0 saturated heterocycles. The van der Waals surface area contributed by atoms with Crippen molar-refractivity contribution in [3.63, 3.8) is 0 Å². The number of nitrogens with zero attached hydrogens (tertiary/aromatic N) is 1. The number of carbonyl (C=O) groups is 1. The molecule has 0 radical (unpaired) electrons. The zero-order valence-electron chi connectivity index (χ0n) is 20.7. The first kappa shape index (κ1) is 24.7. The van der Waals surface area contributed by atoms with Gasteiger partial charge < -0.3 is 10.2 Å². The van der Waals surface area contributed by atoms with Gasteiger partial charge in [-0.1, -0.05) is 76.5 Å². The summed E-state index contributed by atoms with van der Waals surface area (Å²) in [5, 5.41) is 3.88. The second kappa shape index (κ2) is 12.3. The Kier molecular flexibility index (Phi) is 9.23. The van der Waals surface area contributed by atoms with E-state index in [4.69, 9.17) is 0 Å². The molecule has 0 spiro atoms. The predicted molar refractivity (Wildman–Crippen MR) is 141 cm³/mol. The van der Waals surface area contributed by atoms with Crippen molar-refractivity contribution in [2.75, 3.05) is 6.26 Å². The minimum absolute atomic E-state index is 0.109. The molecule has 4 rings (SSSR count). The summed E-state index contributed by atoms with van der Waals surface area (Å²) in [7, 11) is 0. The zero-order valence-corrected chi connectivity index (χ0v) is 21.5. The van der Waals surface area contributed by atoms with Crippen molar-refractivity contribution >= 4 is 17.7 Å². The molecule has 1 N–H and O–H groups in total. The molecule has 1 aromatic rings. The lowest BCUT2D eigenvalue weighted by Gasteiger charge is -2.46. The summed E-state index contributed by atoms with van der Waals surface area (Å²) in [6, 6.07) is 9.18. The molecule has 1 atom stereocenters. The van der Waals surface area contributed by atoms with Gasteiger partial charge in [0.1, 0.15) is 0 Å². The van der Waals surface area contributed by atoms with Crippen molar-refractivity contribution < 1.29 is 4.79 Å². The molecule has 1 unspecified atom stereocenters. The molecule has 0 heterocycles. The lowest BCUT2D eigenvalue weighted by molar-refractivity contribution is 0.0413. The lowest BCUT2D eigenvalue weighted by atomic mass is 9.80. The smallest absolute Gasteiger partial charge is 0.255 e. The summed E-state index contributed by atoms with van der Waals surface area (Å²) in [6.07, 6.45) is 20.9. The number of amides is 1. The zero-order chi connectivity index (χ0) is 23.0. The topological polar surface area (TPSA) is 32.3 Å². The van der Waals surface area contributed by atoms with Gasteiger partial charge >= 0.3 is 0 Å². The minimum Gasteiger partial charge on any atom is -0.384 e. The first-order valence-electron chi connectivity index (χ1n) is 13.6. The van der Waals surface area contributed by atoms with Gasteiger partial charge in [0.15, 0.2) is 0 Å². The Balaban J connectivity index is 1.68. The molecule has 0 aromatic heterocycles. The summed E-state index contributed by atoms with van der Waals surface area (Å²) in [5.41, 5.74) is 2.00. The average molecular weight is 469 g/mol. The van der Waals surface area contributed by atoms with Gasteiger partial charge in [-0.15, -0.1) is 11.8 Å². The van der Waals surface area contributed by atoms with E-state index in [0.29, 0.717) is 18.0 Å². The third-order valence-corrected chi connectivity index (χ3v) is 9.08. The van der Waals surface area contributed by atoms with Gasteiger partial charge in [-0.3, -0.25) is 4.79 Å². The van der Waals surface area contributed by atoms with E-state index in [9.17, 15) is 4.79 Å². The van der Waals surface area contributed by atoms with Crippen LogP contribution >= 0.6 is 11.8 Å². The van der Waals surface area contributed by atoms with Gasteiger partial charge in [0.2, 0.25) is 0 Å². The van der Waals surface area contributed by atoms with Crippen LogP contribution in [0.2, 0.25) is 0 Å². The quantitative estimate of drug-likeness (QED) is 0.399. The van der Waals surface area contributed by atoms with Gasteiger partial charge in [-0.25, -0.2) is 0 Å². The van der Waals surface area contributed by atoms with E-state index in [0.717, 1.165) is 29.0 Å². The highest BCUT2D eigenvalue weighted by molar-refractivity contribution is 7.98. The van der Waals surface area contributed by atoms with Crippen molar-refractivity contribution in [1.82, 2.24) is 10.2 Å². The second-order valence-electron chi connectivity index (χ2n) is 10.6. The molecule has 33 heavy (non-hydrogen) atoms. The Bertz CT molecular complexity index is 776. The third-order valence-electron chi connectivity index (χ3n) is 8.29.